The predicted molar refractivity (Wildman–Crippen MR) is 68.5 cm³/mol. The van der Waals surface area contributed by atoms with Crippen molar-refractivity contribution in [1.29, 1.82) is 0 Å². The molecule has 0 saturated carbocycles. The maximum atomic E-state index is 11.9. The first-order valence-corrected chi connectivity index (χ1v) is 6.25. The average Bonchev–Trinajstić information content (AvgIpc) is 2.31. The Labute approximate surface area is 111 Å². The van der Waals surface area contributed by atoms with Crippen LogP contribution in [-0.2, 0) is 16.0 Å². The van der Waals surface area contributed by atoms with E-state index in [2.05, 4.69) is 5.32 Å². The third kappa shape index (κ3) is 2.83. The van der Waals surface area contributed by atoms with Crippen LogP contribution in [0.5, 0.6) is 0 Å². The van der Waals surface area contributed by atoms with Gasteiger partial charge in [0.25, 0.3) is 0 Å². The summed E-state index contributed by atoms with van der Waals surface area (Å²) in [6.45, 7) is 0.981. The summed E-state index contributed by atoms with van der Waals surface area (Å²) in [5.41, 5.74) is 0.391. The number of hydrogen-bond donors (Lipinski definition) is 2. The smallest absolute Gasteiger partial charge is 0.233 e. The minimum Gasteiger partial charge on any atom is -0.395 e. The Morgan fingerprint density at radius 3 is 2.56 bits per heavy atom. The van der Waals surface area contributed by atoms with Crippen molar-refractivity contribution in [3.05, 3.63) is 34.9 Å². The molecule has 1 aromatic rings. The molecule has 1 saturated heterocycles. The quantitative estimate of drug-likeness (QED) is 0.839. The average molecular weight is 270 g/mol. The zero-order valence-corrected chi connectivity index (χ0v) is 10.7. The topological polar surface area (TPSA) is 58.6 Å². The first-order chi connectivity index (χ1) is 8.66. The molecule has 0 unspecified atom stereocenters. The summed E-state index contributed by atoms with van der Waals surface area (Å²) in [7, 11) is 0. The molecule has 1 amide bonds. The number of aliphatic hydroxyl groups excluding tert-OH is 1. The van der Waals surface area contributed by atoms with Gasteiger partial charge in [-0.25, -0.2) is 0 Å². The summed E-state index contributed by atoms with van der Waals surface area (Å²) in [5, 5.41) is 12.7. The molecular weight excluding hydrogens is 254 g/mol. The molecule has 4 nitrogen and oxygen atoms in total. The summed E-state index contributed by atoms with van der Waals surface area (Å²) in [6.07, 6.45) is 0.741. The summed E-state index contributed by atoms with van der Waals surface area (Å²) in [4.78, 5) is 11.9. The van der Waals surface area contributed by atoms with E-state index in [1.165, 1.54) is 0 Å². The number of carbonyl (C=O) groups excluding carboxylic acids is 1. The van der Waals surface area contributed by atoms with Crippen molar-refractivity contribution in [1.82, 2.24) is 5.32 Å². The summed E-state index contributed by atoms with van der Waals surface area (Å²) in [6, 6.07) is 7.52. The number of nitrogens with one attached hydrogen (secondary N) is 1. The number of rotatable bonds is 5. The molecule has 0 aromatic heterocycles. The van der Waals surface area contributed by atoms with Crippen LogP contribution < -0.4 is 5.32 Å². The molecule has 0 radical (unpaired) electrons. The van der Waals surface area contributed by atoms with Crippen LogP contribution in [0.1, 0.15) is 5.56 Å². The number of amides is 1. The van der Waals surface area contributed by atoms with E-state index in [0.29, 0.717) is 24.8 Å². The Bertz CT molecular complexity index is 409. The SMILES string of the molecule is O=C(NCCc1ccc(Cl)cc1)C1(CO)COC1. The monoisotopic (exact) mass is 269 g/mol. The Kier molecular flexibility index (Phi) is 4.22. The van der Waals surface area contributed by atoms with Crippen molar-refractivity contribution >= 4 is 17.5 Å². The van der Waals surface area contributed by atoms with Crippen LogP contribution in [-0.4, -0.2) is 37.4 Å². The standard InChI is InChI=1S/C13H16ClNO3/c14-11-3-1-10(2-4-11)5-6-15-12(17)13(7-16)8-18-9-13/h1-4,16H,5-9H2,(H,15,17). The van der Waals surface area contributed by atoms with Gasteiger partial charge in [0.1, 0.15) is 5.41 Å². The zero-order chi connectivity index (χ0) is 13.0. The predicted octanol–water partition coefficient (Wildman–Crippen LogP) is 1.01. The van der Waals surface area contributed by atoms with Gasteiger partial charge in [-0.05, 0) is 24.1 Å². The lowest BCUT2D eigenvalue weighted by Gasteiger charge is -2.38. The van der Waals surface area contributed by atoms with Crippen LogP contribution in [0.15, 0.2) is 24.3 Å². The van der Waals surface area contributed by atoms with Crippen molar-refractivity contribution in [2.24, 2.45) is 5.41 Å². The molecule has 0 atom stereocenters. The molecule has 18 heavy (non-hydrogen) atoms. The third-order valence-electron chi connectivity index (χ3n) is 3.15. The minimum absolute atomic E-state index is 0.134. The highest BCUT2D eigenvalue weighted by Crippen LogP contribution is 2.26. The molecule has 98 valence electrons. The molecule has 2 N–H and O–H groups in total. The van der Waals surface area contributed by atoms with Gasteiger partial charge in [0, 0.05) is 11.6 Å². The van der Waals surface area contributed by atoms with Crippen molar-refractivity contribution < 1.29 is 14.6 Å². The molecular formula is C13H16ClNO3. The molecule has 1 aliphatic rings. The number of halogens is 1. The Morgan fingerprint density at radius 2 is 2.06 bits per heavy atom. The number of ether oxygens (including phenoxy) is 1. The zero-order valence-electron chi connectivity index (χ0n) is 9.99. The van der Waals surface area contributed by atoms with Crippen LogP contribution in [0.4, 0.5) is 0 Å². The Hall–Kier alpha value is -1.10. The van der Waals surface area contributed by atoms with E-state index in [1.807, 2.05) is 24.3 Å². The van der Waals surface area contributed by atoms with E-state index < -0.39 is 5.41 Å². The highest BCUT2D eigenvalue weighted by atomic mass is 35.5. The van der Waals surface area contributed by atoms with Crippen molar-refractivity contribution in [3.63, 3.8) is 0 Å². The first-order valence-electron chi connectivity index (χ1n) is 5.88. The normalized spacial score (nSPS) is 17.0. The van der Waals surface area contributed by atoms with Gasteiger partial charge in [0.05, 0.1) is 19.8 Å². The first kappa shape index (κ1) is 13.3. The lowest BCUT2D eigenvalue weighted by molar-refractivity contribution is -0.169. The maximum Gasteiger partial charge on any atom is 0.233 e. The van der Waals surface area contributed by atoms with Gasteiger partial charge < -0.3 is 15.2 Å². The van der Waals surface area contributed by atoms with Gasteiger partial charge >= 0.3 is 0 Å². The molecule has 1 heterocycles. The second kappa shape index (κ2) is 5.69. The molecule has 1 aromatic carbocycles. The molecule has 1 fully saturated rings. The van der Waals surface area contributed by atoms with E-state index in [4.69, 9.17) is 16.3 Å². The highest BCUT2D eigenvalue weighted by molar-refractivity contribution is 6.30. The maximum absolute atomic E-state index is 11.9. The molecule has 0 aliphatic carbocycles. The van der Waals surface area contributed by atoms with Crippen LogP contribution in [0.25, 0.3) is 0 Å². The second-order valence-electron chi connectivity index (χ2n) is 4.56. The van der Waals surface area contributed by atoms with Crippen molar-refractivity contribution in [3.8, 4) is 0 Å². The largest absolute Gasteiger partial charge is 0.395 e. The lowest BCUT2D eigenvalue weighted by Crippen LogP contribution is -2.56. The number of benzene rings is 1. The van der Waals surface area contributed by atoms with E-state index in [0.717, 1.165) is 12.0 Å². The summed E-state index contributed by atoms with van der Waals surface area (Å²) < 4.78 is 4.99. The van der Waals surface area contributed by atoms with Crippen LogP contribution in [0.2, 0.25) is 5.02 Å². The minimum atomic E-state index is -0.722. The fourth-order valence-corrected chi connectivity index (χ4v) is 1.93. The highest BCUT2D eigenvalue weighted by Gasteiger charge is 2.45. The molecule has 2 rings (SSSR count). The fourth-order valence-electron chi connectivity index (χ4n) is 1.80. The molecule has 5 heteroatoms. The fraction of sp³-hybridized carbons (Fsp3) is 0.462. The van der Waals surface area contributed by atoms with Crippen molar-refractivity contribution in [2.45, 2.75) is 6.42 Å². The summed E-state index contributed by atoms with van der Waals surface area (Å²) in [5.74, 6) is -0.134. The lowest BCUT2D eigenvalue weighted by atomic mass is 9.86. The van der Waals surface area contributed by atoms with Gasteiger partial charge in [-0.15, -0.1) is 0 Å². The Morgan fingerprint density at radius 1 is 1.39 bits per heavy atom. The van der Waals surface area contributed by atoms with Gasteiger partial charge in [-0.3, -0.25) is 4.79 Å². The van der Waals surface area contributed by atoms with Gasteiger partial charge in [-0.1, -0.05) is 23.7 Å². The summed E-state index contributed by atoms with van der Waals surface area (Å²) >= 11 is 5.79. The number of hydrogen-bond acceptors (Lipinski definition) is 3. The van der Waals surface area contributed by atoms with Crippen LogP contribution in [0.3, 0.4) is 0 Å². The number of carbonyl (C=O) groups is 1. The third-order valence-corrected chi connectivity index (χ3v) is 3.41. The van der Waals surface area contributed by atoms with Crippen molar-refractivity contribution in [2.75, 3.05) is 26.4 Å². The second-order valence-corrected chi connectivity index (χ2v) is 5.00. The molecule has 0 spiro atoms. The van der Waals surface area contributed by atoms with Crippen LogP contribution in [0, 0.1) is 5.41 Å². The van der Waals surface area contributed by atoms with E-state index in [9.17, 15) is 9.90 Å². The van der Waals surface area contributed by atoms with E-state index in [-0.39, 0.29) is 12.5 Å². The van der Waals surface area contributed by atoms with Gasteiger partial charge in [-0.2, -0.15) is 0 Å². The van der Waals surface area contributed by atoms with Crippen LogP contribution >= 0.6 is 11.6 Å². The van der Waals surface area contributed by atoms with E-state index in [1.54, 1.807) is 0 Å². The Balaban J connectivity index is 1.78. The van der Waals surface area contributed by atoms with Gasteiger partial charge in [0.15, 0.2) is 0 Å². The molecule has 0 bridgehead atoms. The molecule has 1 aliphatic heterocycles. The number of aliphatic hydroxyl groups is 1. The van der Waals surface area contributed by atoms with Gasteiger partial charge in [0.2, 0.25) is 5.91 Å². The van der Waals surface area contributed by atoms with E-state index >= 15 is 0 Å².